The lowest BCUT2D eigenvalue weighted by Gasteiger charge is -2.33. The quantitative estimate of drug-likeness (QED) is 0.558. The topological polar surface area (TPSA) is 53.2 Å². The molecule has 0 spiro atoms. The van der Waals surface area contributed by atoms with Crippen LogP contribution in [0.1, 0.15) is 19.4 Å². The van der Waals surface area contributed by atoms with Crippen LogP contribution in [0.15, 0.2) is 55.8 Å². The summed E-state index contributed by atoms with van der Waals surface area (Å²) < 4.78 is 5.24. The van der Waals surface area contributed by atoms with Gasteiger partial charge in [-0.2, -0.15) is 5.10 Å². The fourth-order valence-corrected chi connectivity index (χ4v) is 3.27. The first-order valence-corrected chi connectivity index (χ1v) is 9.43. The van der Waals surface area contributed by atoms with Crippen LogP contribution in [0.2, 0.25) is 0 Å². The molecule has 0 saturated carbocycles. The second-order valence-corrected chi connectivity index (χ2v) is 6.97. The number of methoxy groups -OCH3 is 1. The minimum Gasteiger partial charge on any atom is -0.497 e. The van der Waals surface area contributed by atoms with E-state index < -0.39 is 0 Å². The number of rotatable bonds is 12. The number of aromatic amines is 1. The van der Waals surface area contributed by atoms with Crippen molar-refractivity contribution in [3.8, 4) is 17.0 Å². The van der Waals surface area contributed by atoms with Crippen LogP contribution in [0, 0.1) is 5.92 Å². The van der Waals surface area contributed by atoms with Crippen molar-refractivity contribution in [1.82, 2.24) is 20.4 Å². The molecule has 27 heavy (non-hydrogen) atoms. The number of hydrogen-bond donors (Lipinski definition) is 2. The van der Waals surface area contributed by atoms with Crippen LogP contribution in [0.3, 0.4) is 0 Å². The van der Waals surface area contributed by atoms with E-state index in [4.69, 9.17) is 4.74 Å². The molecule has 0 radical (unpaired) electrons. The van der Waals surface area contributed by atoms with Gasteiger partial charge >= 0.3 is 0 Å². The summed E-state index contributed by atoms with van der Waals surface area (Å²) in [6.45, 7) is 15.7. The van der Waals surface area contributed by atoms with E-state index in [9.17, 15) is 0 Å². The van der Waals surface area contributed by atoms with Crippen molar-refractivity contribution in [3.63, 3.8) is 0 Å². The van der Waals surface area contributed by atoms with Gasteiger partial charge in [-0.1, -0.05) is 26.0 Å². The smallest absolute Gasteiger partial charge is 0.118 e. The summed E-state index contributed by atoms with van der Waals surface area (Å²) >= 11 is 0. The van der Waals surface area contributed by atoms with Gasteiger partial charge in [0, 0.05) is 43.3 Å². The van der Waals surface area contributed by atoms with Crippen LogP contribution in [0.25, 0.3) is 11.3 Å². The third kappa shape index (κ3) is 5.81. The molecule has 146 valence electrons. The van der Waals surface area contributed by atoms with Crippen molar-refractivity contribution in [2.45, 2.75) is 26.4 Å². The summed E-state index contributed by atoms with van der Waals surface area (Å²) in [6.07, 6.45) is 5.80. The standard InChI is InChI=1S/C22H32N4O/c1-6-12-26(13-7-2)21(17(3)4)16-23-14-19-15-24-25-22(19)18-8-10-20(27-5)11-9-18/h6-11,15,17,21,23H,1-2,12-14,16H2,3-5H3,(H,24,25)/t21-/m0/s1. The van der Waals surface area contributed by atoms with Crippen LogP contribution >= 0.6 is 0 Å². The first-order chi connectivity index (χ1) is 13.1. The molecule has 0 aliphatic carbocycles. The molecule has 1 aromatic heterocycles. The van der Waals surface area contributed by atoms with E-state index in [0.717, 1.165) is 48.7 Å². The van der Waals surface area contributed by atoms with Gasteiger partial charge in [0.15, 0.2) is 0 Å². The van der Waals surface area contributed by atoms with Crippen molar-refractivity contribution in [2.24, 2.45) is 5.92 Å². The Morgan fingerprint density at radius 3 is 2.41 bits per heavy atom. The van der Waals surface area contributed by atoms with Crippen LogP contribution in [0.5, 0.6) is 5.75 Å². The van der Waals surface area contributed by atoms with Gasteiger partial charge in [0.2, 0.25) is 0 Å². The maximum atomic E-state index is 5.24. The molecule has 0 bridgehead atoms. The summed E-state index contributed by atoms with van der Waals surface area (Å²) in [7, 11) is 1.67. The lowest BCUT2D eigenvalue weighted by molar-refractivity contribution is 0.184. The van der Waals surface area contributed by atoms with E-state index in [1.54, 1.807) is 7.11 Å². The van der Waals surface area contributed by atoms with E-state index in [1.165, 1.54) is 0 Å². The fraction of sp³-hybridized carbons (Fsp3) is 0.409. The highest BCUT2D eigenvalue weighted by atomic mass is 16.5. The molecule has 1 aromatic carbocycles. The minimum absolute atomic E-state index is 0.414. The average molecular weight is 369 g/mol. The first-order valence-electron chi connectivity index (χ1n) is 9.43. The summed E-state index contributed by atoms with van der Waals surface area (Å²) in [5, 5.41) is 11.0. The highest BCUT2D eigenvalue weighted by Gasteiger charge is 2.20. The molecule has 2 aromatic rings. The van der Waals surface area contributed by atoms with Crippen molar-refractivity contribution < 1.29 is 4.74 Å². The van der Waals surface area contributed by atoms with Gasteiger partial charge in [0.25, 0.3) is 0 Å². The molecule has 1 atom stereocenters. The SMILES string of the molecule is C=CCN(CC=C)[C@@H](CNCc1cn[nH]c1-c1ccc(OC)cc1)C(C)C. The van der Waals surface area contributed by atoms with Gasteiger partial charge in [-0.15, -0.1) is 13.2 Å². The highest BCUT2D eigenvalue weighted by molar-refractivity contribution is 5.63. The molecule has 0 aliphatic heterocycles. The van der Waals surface area contributed by atoms with E-state index in [1.807, 2.05) is 42.6 Å². The van der Waals surface area contributed by atoms with Crippen LogP contribution in [0.4, 0.5) is 0 Å². The number of ether oxygens (including phenoxy) is 1. The van der Waals surface area contributed by atoms with E-state index in [-0.39, 0.29) is 0 Å². The highest BCUT2D eigenvalue weighted by Crippen LogP contribution is 2.23. The zero-order chi connectivity index (χ0) is 19.6. The number of benzene rings is 1. The second-order valence-electron chi connectivity index (χ2n) is 6.97. The Hall–Kier alpha value is -2.37. The summed E-state index contributed by atoms with van der Waals surface area (Å²) in [5.74, 6) is 1.38. The molecule has 1 heterocycles. The number of H-pyrrole nitrogens is 1. The predicted molar refractivity (Wildman–Crippen MR) is 113 cm³/mol. The van der Waals surface area contributed by atoms with Crippen molar-refractivity contribution >= 4 is 0 Å². The molecule has 2 N–H and O–H groups in total. The fourth-order valence-electron chi connectivity index (χ4n) is 3.27. The zero-order valence-corrected chi connectivity index (χ0v) is 16.7. The van der Waals surface area contributed by atoms with Gasteiger partial charge in [-0.25, -0.2) is 0 Å². The van der Waals surface area contributed by atoms with Crippen molar-refractivity contribution in [2.75, 3.05) is 26.7 Å². The van der Waals surface area contributed by atoms with Gasteiger partial charge in [-0.3, -0.25) is 10.00 Å². The molecule has 0 unspecified atom stereocenters. The second kappa shape index (κ2) is 10.7. The normalized spacial score (nSPS) is 12.3. The Balaban J connectivity index is 2.02. The Labute approximate surface area is 163 Å². The van der Waals surface area contributed by atoms with E-state index in [2.05, 4.69) is 47.4 Å². The van der Waals surface area contributed by atoms with Crippen molar-refractivity contribution in [1.29, 1.82) is 0 Å². The molecule has 2 rings (SSSR count). The Bertz CT molecular complexity index is 695. The molecule has 5 heteroatoms. The maximum absolute atomic E-state index is 5.24. The third-order valence-corrected chi connectivity index (χ3v) is 4.73. The summed E-state index contributed by atoms with van der Waals surface area (Å²) in [4.78, 5) is 2.40. The van der Waals surface area contributed by atoms with Gasteiger partial charge < -0.3 is 10.1 Å². The van der Waals surface area contributed by atoms with Gasteiger partial charge in [-0.05, 0) is 30.2 Å². The van der Waals surface area contributed by atoms with Crippen LogP contribution in [-0.2, 0) is 6.54 Å². The van der Waals surface area contributed by atoms with Gasteiger partial charge in [0.1, 0.15) is 5.75 Å². The zero-order valence-electron chi connectivity index (χ0n) is 16.7. The molecular weight excluding hydrogens is 336 g/mol. The summed E-state index contributed by atoms with van der Waals surface area (Å²) in [6, 6.07) is 8.43. The third-order valence-electron chi connectivity index (χ3n) is 4.73. The number of hydrogen-bond acceptors (Lipinski definition) is 4. The van der Waals surface area contributed by atoms with Crippen molar-refractivity contribution in [3.05, 3.63) is 61.3 Å². The largest absolute Gasteiger partial charge is 0.497 e. The minimum atomic E-state index is 0.414. The molecule has 0 saturated heterocycles. The lowest BCUT2D eigenvalue weighted by atomic mass is 10.0. The molecule has 5 nitrogen and oxygen atoms in total. The number of nitrogens with zero attached hydrogens (tertiary/aromatic N) is 2. The Kier molecular flexibility index (Phi) is 8.30. The average Bonchev–Trinajstić information content (AvgIpc) is 3.13. The monoisotopic (exact) mass is 368 g/mol. The number of aromatic nitrogens is 2. The maximum Gasteiger partial charge on any atom is 0.118 e. The van der Waals surface area contributed by atoms with Gasteiger partial charge in [0.05, 0.1) is 19.0 Å². The van der Waals surface area contributed by atoms with Crippen LogP contribution in [-0.4, -0.2) is 47.9 Å². The Morgan fingerprint density at radius 1 is 1.19 bits per heavy atom. The molecule has 0 amide bonds. The lowest BCUT2D eigenvalue weighted by Crippen LogP contribution is -2.45. The Morgan fingerprint density at radius 2 is 1.85 bits per heavy atom. The van der Waals surface area contributed by atoms with Crippen LogP contribution < -0.4 is 10.1 Å². The molecule has 0 fully saturated rings. The number of nitrogens with one attached hydrogen (secondary N) is 2. The predicted octanol–water partition coefficient (Wildman–Crippen LogP) is 3.87. The summed E-state index contributed by atoms with van der Waals surface area (Å²) in [5.41, 5.74) is 3.30. The molecule has 0 aliphatic rings. The van der Waals surface area contributed by atoms with E-state index >= 15 is 0 Å². The molecular formula is C22H32N4O. The first kappa shape index (κ1) is 20.9. The van der Waals surface area contributed by atoms with E-state index in [0.29, 0.717) is 12.0 Å².